The summed E-state index contributed by atoms with van der Waals surface area (Å²) >= 11 is 0. The molecule has 1 aliphatic rings. The zero-order chi connectivity index (χ0) is 20.8. The fourth-order valence-corrected chi connectivity index (χ4v) is 2.23. The van der Waals surface area contributed by atoms with Crippen LogP contribution < -0.4 is 11.1 Å². The summed E-state index contributed by atoms with van der Waals surface area (Å²) in [4.78, 5) is 22.6. The van der Waals surface area contributed by atoms with Crippen LogP contribution in [0, 0.1) is 12.8 Å². The van der Waals surface area contributed by atoms with E-state index in [4.69, 9.17) is 15.9 Å². The maximum Gasteiger partial charge on any atom is 0.236 e. The van der Waals surface area contributed by atoms with Crippen LogP contribution >= 0.6 is 0 Å². The van der Waals surface area contributed by atoms with Gasteiger partial charge in [-0.05, 0) is 24.8 Å². The fraction of sp³-hybridized carbons (Fsp3) is 0.600. The molecule has 2 rings (SSSR count). The van der Waals surface area contributed by atoms with E-state index in [0.29, 0.717) is 25.9 Å². The van der Waals surface area contributed by atoms with Crippen molar-refractivity contribution < 1.29 is 19.8 Å². The third kappa shape index (κ3) is 11.4. The molecule has 27 heavy (non-hydrogen) atoms. The number of aryl methyl sites for hydroxylation is 1. The van der Waals surface area contributed by atoms with Crippen LogP contribution in [0.5, 0.6) is 0 Å². The van der Waals surface area contributed by atoms with Crippen molar-refractivity contribution in [2.75, 3.05) is 26.2 Å². The maximum absolute atomic E-state index is 10.8. The highest BCUT2D eigenvalue weighted by atomic mass is 16.3. The Morgan fingerprint density at radius 3 is 2.26 bits per heavy atom. The average molecular weight is 382 g/mol. The molecule has 0 aromatic heterocycles. The molecule has 2 atom stereocenters. The lowest BCUT2D eigenvalue weighted by atomic mass is 10.1. The number of aliphatic hydroxyl groups is 2. The van der Waals surface area contributed by atoms with Crippen LogP contribution in [-0.4, -0.2) is 59.8 Å². The van der Waals surface area contributed by atoms with E-state index < -0.39 is 0 Å². The minimum atomic E-state index is -0.338. The zero-order valence-corrected chi connectivity index (χ0v) is 16.9. The number of β-amino-alcohol motifs (C(OH)–C–C–N with tert-alkyl or cyclic N) is 1. The van der Waals surface area contributed by atoms with Crippen molar-refractivity contribution in [3.63, 3.8) is 0 Å². The maximum atomic E-state index is 10.8. The molecule has 0 radical (unpaired) electrons. The van der Waals surface area contributed by atoms with Crippen LogP contribution in [0.15, 0.2) is 24.3 Å². The third-order valence-corrected chi connectivity index (χ3v) is 3.62. The van der Waals surface area contributed by atoms with Crippen LogP contribution in [-0.2, 0) is 9.59 Å². The van der Waals surface area contributed by atoms with Crippen molar-refractivity contribution in [1.29, 1.82) is 0 Å². The Bertz CT molecular complexity index is 532. The first-order valence-electron chi connectivity index (χ1n) is 9.28. The lowest BCUT2D eigenvalue weighted by Gasteiger charge is -2.13. The van der Waals surface area contributed by atoms with Gasteiger partial charge in [0, 0.05) is 13.1 Å². The Morgan fingerprint density at radius 1 is 1.33 bits per heavy atom. The number of nitrogens with zero attached hydrogens (tertiary/aromatic N) is 1. The highest BCUT2D eigenvalue weighted by molar-refractivity contribution is 5.78. The molecule has 2 unspecified atom stereocenters. The SMILES string of the molecule is CC(C)C.Cc1ccc(C(CO)NC=O)cc1.NCC(=O)N1CCC(O)C1. The predicted molar refractivity (Wildman–Crippen MR) is 107 cm³/mol. The Labute approximate surface area is 162 Å². The van der Waals surface area contributed by atoms with Gasteiger partial charge in [0.2, 0.25) is 12.3 Å². The lowest BCUT2D eigenvalue weighted by molar-refractivity contribution is -0.129. The highest BCUT2D eigenvalue weighted by Crippen LogP contribution is 2.12. The number of benzene rings is 1. The second-order valence-corrected chi connectivity index (χ2v) is 7.15. The Balaban J connectivity index is 0.000000428. The summed E-state index contributed by atoms with van der Waals surface area (Å²) < 4.78 is 0. The van der Waals surface area contributed by atoms with E-state index >= 15 is 0 Å². The number of hydrogen-bond acceptors (Lipinski definition) is 5. The van der Waals surface area contributed by atoms with Gasteiger partial charge in [0.15, 0.2) is 0 Å². The molecule has 0 bridgehead atoms. The summed E-state index contributed by atoms with van der Waals surface area (Å²) in [6, 6.07) is 7.40. The van der Waals surface area contributed by atoms with Crippen LogP contribution in [0.25, 0.3) is 0 Å². The molecule has 1 fully saturated rings. The number of carbonyl (C=O) groups excluding carboxylic acids is 2. The second kappa shape index (κ2) is 14.1. The van der Waals surface area contributed by atoms with Gasteiger partial charge in [-0.3, -0.25) is 9.59 Å². The minimum Gasteiger partial charge on any atom is -0.394 e. The molecule has 0 spiro atoms. The normalized spacial score (nSPS) is 16.6. The summed E-state index contributed by atoms with van der Waals surface area (Å²) in [6.07, 6.45) is 0.947. The van der Waals surface area contributed by atoms with Gasteiger partial charge in [0.1, 0.15) is 0 Å². The van der Waals surface area contributed by atoms with Gasteiger partial charge in [0.25, 0.3) is 0 Å². The third-order valence-electron chi connectivity index (χ3n) is 3.62. The topological polar surface area (TPSA) is 116 Å². The molecule has 7 heteroatoms. The Kier molecular flexibility index (Phi) is 13.1. The standard InChI is InChI=1S/C10H13NO2.C6H12N2O2.C4H10/c1-8-2-4-9(5-3-8)10(6-12)11-7-13;7-3-6(10)8-2-1-5(9)4-8;1-4(2)3/h2-5,7,10,12H,6H2,1H3,(H,11,13);5,9H,1-4,7H2;4H,1-3H3. The summed E-state index contributed by atoms with van der Waals surface area (Å²) in [5, 5.41) is 20.5. The van der Waals surface area contributed by atoms with E-state index in [2.05, 4.69) is 26.1 Å². The van der Waals surface area contributed by atoms with Crippen LogP contribution in [0.4, 0.5) is 0 Å². The molecule has 154 valence electrons. The van der Waals surface area contributed by atoms with Crippen LogP contribution in [0.3, 0.4) is 0 Å². The number of amides is 2. The largest absolute Gasteiger partial charge is 0.394 e. The zero-order valence-electron chi connectivity index (χ0n) is 16.9. The molecule has 1 aromatic rings. The Hall–Kier alpha value is -1.96. The number of aliphatic hydroxyl groups excluding tert-OH is 2. The average Bonchev–Trinajstić information content (AvgIpc) is 3.06. The highest BCUT2D eigenvalue weighted by Gasteiger charge is 2.22. The quantitative estimate of drug-likeness (QED) is 0.567. The van der Waals surface area contributed by atoms with Gasteiger partial charge in [-0.2, -0.15) is 0 Å². The Morgan fingerprint density at radius 2 is 1.89 bits per heavy atom. The predicted octanol–water partition coefficient (Wildman–Crippen LogP) is 0.975. The van der Waals surface area contributed by atoms with E-state index in [-0.39, 0.29) is 31.2 Å². The molecule has 0 aliphatic carbocycles. The number of likely N-dealkylation sites (tertiary alicyclic amines) is 1. The first-order valence-corrected chi connectivity index (χ1v) is 9.28. The molecular formula is C20H35N3O4. The minimum absolute atomic E-state index is 0.0483. The molecule has 7 nitrogen and oxygen atoms in total. The van der Waals surface area contributed by atoms with Gasteiger partial charge in [0.05, 0.1) is 25.3 Å². The first kappa shape index (κ1) is 25.0. The van der Waals surface area contributed by atoms with Gasteiger partial charge in [-0.25, -0.2) is 0 Å². The van der Waals surface area contributed by atoms with E-state index in [1.807, 2.05) is 31.2 Å². The molecule has 1 saturated heterocycles. The number of hydrogen-bond donors (Lipinski definition) is 4. The van der Waals surface area contributed by atoms with E-state index in [9.17, 15) is 9.59 Å². The van der Waals surface area contributed by atoms with Crippen molar-refractivity contribution >= 4 is 12.3 Å². The van der Waals surface area contributed by atoms with E-state index in [0.717, 1.165) is 17.0 Å². The number of rotatable bonds is 5. The summed E-state index contributed by atoms with van der Waals surface area (Å²) in [5.41, 5.74) is 7.20. The molecular weight excluding hydrogens is 346 g/mol. The molecule has 2 amide bonds. The van der Waals surface area contributed by atoms with Crippen molar-refractivity contribution in [2.24, 2.45) is 11.7 Å². The molecule has 1 aliphatic heterocycles. The second-order valence-electron chi connectivity index (χ2n) is 7.15. The summed E-state index contributed by atoms with van der Waals surface area (Å²) in [6.45, 7) is 9.56. The van der Waals surface area contributed by atoms with E-state index in [1.165, 1.54) is 0 Å². The summed E-state index contributed by atoms with van der Waals surface area (Å²) in [7, 11) is 0. The lowest BCUT2D eigenvalue weighted by Crippen LogP contribution is -2.34. The van der Waals surface area contributed by atoms with Gasteiger partial charge >= 0.3 is 0 Å². The summed E-state index contributed by atoms with van der Waals surface area (Å²) in [5.74, 6) is 0.761. The van der Waals surface area contributed by atoms with Crippen LogP contribution in [0.1, 0.15) is 44.4 Å². The van der Waals surface area contributed by atoms with Gasteiger partial charge < -0.3 is 26.2 Å². The van der Waals surface area contributed by atoms with Gasteiger partial charge in [-0.1, -0.05) is 50.6 Å². The van der Waals surface area contributed by atoms with Crippen LogP contribution in [0.2, 0.25) is 0 Å². The van der Waals surface area contributed by atoms with E-state index in [1.54, 1.807) is 4.90 Å². The fourth-order valence-electron chi connectivity index (χ4n) is 2.23. The number of nitrogens with one attached hydrogen (secondary N) is 1. The molecule has 1 heterocycles. The van der Waals surface area contributed by atoms with Crippen molar-refractivity contribution in [2.45, 2.75) is 46.3 Å². The molecule has 1 aromatic carbocycles. The molecule has 0 saturated carbocycles. The monoisotopic (exact) mass is 381 g/mol. The van der Waals surface area contributed by atoms with Crippen molar-refractivity contribution in [3.8, 4) is 0 Å². The van der Waals surface area contributed by atoms with Crippen molar-refractivity contribution in [1.82, 2.24) is 10.2 Å². The van der Waals surface area contributed by atoms with Crippen molar-refractivity contribution in [3.05, 3.63) is 35.4 Å². The number of carbonyl (C=O) groups is 2. The number of nitrogens with two attached hydrogens (primary N) is 1. The first-order chi connectivity index (χ1) is 12.7. The smallest absolute Gasteiger partial charge is 0.236 e. The molecule has 5 N–H and O–H groups in total. The van der Waals surface area contributed by atoms with Gasteiger partial charge in [-0.15, -0.1) is 0 Å².